The van der Waals surface area contributed by atoms with E-state index in [2.05, 4.69) is 26.1 Å². The lowest BCUT2D eigenvalue weighted by Gasteiger charge is -2.27. The van der Waals surface area contributed by atoms with Gasteiger partial charge in [0.25, 0.3) is 0 Å². The minimum absolute atomic E-state index is 0.303. The number of nitrogens with one attached hydrogen (secondary N) is 1. The summed E-state index contributed by atoms with van der Waals surface area (Å²) in [5.74, 6) is 1.64. The number of carbonyl (C=O) groups excluding carboxylic acids is 1. The summed E-state index contributed by atoms with van der Waals surface area (Å²) in [4.78, 5) is 12.0. The first-order valence-electron chi connectivity index (χ1n) is 6.25. The molecule has 1 N–H and O–H groups in total. The molecule has 0 aromatic rings. The third-order valence-electron chi connectivity index (χ3n) is 4.11. The molecule has 0 aromatic heterocycles. The first kappa shape index (κ1) is 11.1. The molecular weight excluding hydrogens is 186 g/mol. The van der Waals surface area contributed by atoms with Crippen molar-refractivity contribution in [2.24, 2.45) is 17.3 Å². The van der Waals surface area contributed by atoms with Crippen LogP contribution in [0.4, 0.5) is 0 Å². The van der Waals surface area contributed by atoms with E-state index < -0.39 is 0 Å². The van der Waals surface area contributed by atoms with E-state index in [0.717, 1.165) is 25.3 Å². The molecule has 0 bridgehead atoms. The third-order valence-corrected chi connectivity index (χ3v) is 4.11. The average Bonchev–Trinajstić information content (AvgIpc) is 2.75. The minimum Gasteiger partial charge on any atom is -0.314 e. The molecule has 1 heterocycles. The molecule has 2 heteroatoms. The fourth-order valence-corrected chi connectivity index (χ4v) is 2.78. The summed E-state index contributed by atoms with van der Waals surface area (Å²) in [6, 6.07) is 0.456. The Balaban J connectivity index is 1.79. The Morgan fingerprint density at radius 3 is 2.67 bits per heavy atom. The van der Waals surface area contributed by atoms with Gasteiger partial charge >= 0.3 is 0 Å². The maximum absolute atomic E-state index is 12.0. The van der Waals surface area contributed by atoms with Crippen LogP contribution >= 0.6 is 0 Å². The zero-order valence-electron chi connectivity index (χ0n) is 10.2. The van der Waals surface area contributed by atoms with Gasteiger partial charge in [-0.1, -0.05) is 20.8 Å². The van der Waals surface area contributed by atoms with Crippen molar-refractivity contribution < 1.29 is 4.79 Å². The highest BCUT2D eigenvalue weighted by atomic mass is 16.1. The van der Waals surface area contributed by atoms with E-state index in [4.69, 9.17) is 0 Å². The molecule has 3 atom stereocenters. The molecule has 0 aromatic carbocycles. The van der Waals surface area contributed by atoms with Crippen LogP contribution in [0.25, 0.3) is 0 Å². The van der Waals surface area contributed by atoms with Crippen LogP contribution in [0.2, 0.25) is 0 Å². The van der Waals surface area contributed by atoms with E-state index in [9.17, 15) is 4.79 Å². The first-order chi connectivity index (χ1) is 6.99. The number of ketones is 1. The fourth-order valence-electron chi connectivity index (χ4n) is 2.78. The Morgan fingerprint density at radius 1 is 1.47 bits per heavy atom. The van der Waals surface area contributed by atoms with Crippen LogP contribution in [0.5, 0.6) is 0 Å². The molecule has 0 amide bonds. The Bertz CT molecular complexity index is 259. The number of Topliss-reactive ketones (excluding diaryl/α,β-unsaturated/α-hetero) is 1. The van der Waals surface area contributed by atoms with Gasteiger partial charge in [-0.3, -0.25) is 4.79 Å². The molecule has 15 heavy (non-hydrogen) atoms. The fraction of sp³-hybridized carbons (Fsp3) is 0.923. The van der Waals surface area contributed by atoms with E-state index in [1.807, 2.05) is 0 Å². The summed E-state index contributed by atoms with van der Waals surface area (Å²) in [5.41, 5.74) is 0.303. The van der Waals surface area contributed by atoms with Gasteiger partial charge in [-0.2, -0.15) is 0 Å². The summed E-state index contributed by atoms with van der Waals surface area (Å²) in [7, 11) is 0. The minimum atomic E-state index is 0.303. The van der Waals surface area contributed by atoms with E-state index in [0.29, 0.717) is 23.2 Å². The molecule has 0 radical (unpaired) electrons. The van der Waals surface area contributed by atoms with Crippen LogP contribution in [0, 0.1) is 17.3 Å². The van der Waals surface area contributed by atoms with E-state index in [1.165, 1.54) is 12.8 Å². The summed E-state index contributed by atoms with van der Waals surface area (Å²) >= 11 is 0. The lowest BCUT2D eigenvalue weighted by atomic mass is 9.90. The van der Waals surface area contributed by atoms with Crippen molar-refractivity contribution in [3.63, 3.8) is 0 Å². The van der Waals surface area contributed by atoms with Crippen LogP contribution < -0.4 is 5.32 Å². The van der Waals surface area contributed by atoms with Crippen LogP contribution in [0.3, 0.4) is 0 Å². The van der Waals surface area contributed by atoms with Gasteiger partial charge in [-0.25, -0.2) is 0 Å². The highest BCUT2D eigenvalue weighted by molar-refractivity contribution is 5.85. The van der Waals surface area contributed by atoms with Gasteiger partial charge in [-0.15, -0.1) is 0 Å². The van der Waals surface area contributed by atoms with Crippen LogP contribution in [-0.2, 0) is 4.79 Å². The molecule has 86 valence electrons. The van der Waals surface area contributed by atoms with Crippen molar-refractivity contribution >= 4 is 5.78 Å². The number of carbonyl (C=O) groups is 1. The monoisotopic (exact) mass is 209 g/mol. The Labute approximate surface area is 92.8 Å². The second-order valence-corrected chi connectivity index (χ2v) is 6.20. The number of hydrogen-bond acceptors (Lipinski definition) is 2. The number of piperidine rings is 1. The van der Waals surface area contributed by atoms with Crippen molar-refractivity contribution in [2.45, 2.75) is 52.5 Å². The predicted molar refractivity (Wildman–Crippen MR) is 61.7 cm³/mol. The van der Waals surface area contributed by atoms with Crippen molar-refractivity contribution in [1.82, 2.24) is 5.32 Å². The van der Waals surface area contributed by atoms with Gasteiger partial charge in [0, 0.05) is 18.4 Å². The summed E-state index contributed by atoms with van der Waals surface area (Å²) in [6.07, 6.45) is 4.31. The van der Waals surface area contributed by atoms with Crippen molar-refractivity contribution in [1.29, 1.82) is 0 Å². The van der Waals surface area contributed by atoms with E-state index >= 15 is 0 Å². The molecule has 2 fully saturated rings. The highest BCUT2D eigenvalue weighted by Gasteiger charge is 2.50. The quantitative estimate of drug-likeness (QED) is 0.773. The summed E-state index contributed by atoms with van der Waals surface area (Å²) < 4.78 is 0. The SMILES string of the molecule is CC1CCNC(CC(=O)C2CC2(C)C)C1. The smallest absolute Gasteiger partial charge is 0.138 e. The molecule has 1 saturated carbocycles. The van der Waals surface area contributed by atoms with Crippen LogP contribution in [-0.4, -0.2) is 18.4 Å². The second kappa shape index (κ2) is 3.89. The molecular formula is C13H23NO. The van der Waals surface area contributed by atoms with Crippen molar-refractivity contribution in [2.75, 3.05) is 6.54 Å². The molecule has 1 aliphatic heterocycles. The van der Waals surface area contributed by atoms with Gasteiger partial charge in [0.15, 0.2) is 0 Å². The van der Waals surface area contributed by atoms with E-state index in [1.54, 1.807) is 0 Å². The molecule has 1 aliphatic carbocycles. The van der Waals surface area contributed by atoms with E-state index in [-0.39, 0.29) is 0 Å². The van der Waals surface area contributed by atoms with Crippen LogP contribution in [0.1, 0.15) is 46.5 Å². The van der Waals surface area contributed by atoms with Gasteiger partial charge in [0.05, 0.1) is 0 Å². The van der Waals surface area contributed by atoms with Gasteiger partial charge in [0.2, 0.25) is 0 Å². The third kappa shape index (κ3) is 2.60. The first-order valence-corrected chi connectivity index (χ1v) is 6.25. The van der Waals surface area contributed by atoms with Gasteiger partial charge in [-0.05, 0) is 37.1 Å². The number of rotatable bonds is 3. The Morgan fingerprint density at radius 2 is 2.13 bits per heavy atom. The normalized spacial score (nSPS) is 38.7. The average molecular weight is 209 g/mol. The lowest BCUT2D eigenvalue weighted by molar-refractivity contribution is -0.121. The maximum Gasteiger partial charge on any atom is 0.138 e. The molecule has 2 aliphatic rings. The zero-order chi connectivity index (χ0) is 11.1. The van der Waals surface area contributed by atoms with Crippen molar-refractivity contribution in [3.05, 3.63) is 0 Å². The largest absolute Gasteiger partial charge is 0.314 e. The zero-order valence-corrected chi connectivity index (χ0v) is 10.2. The topological polar surface area (TPSA) is 29.1 Å². The highest BCUT2D eigenvalue weighted by Crippen LogP contribution is 2.52. The maximum atomic E-state index is 12.0. The Kier molecular flexibility index (Phi) is 2.89. The van der Waals surface area contributed by atoms with Crippen LogP contribution in [0.15, 0.2) is 0 Å². The molecule has 2 rings (SSSR count). The Hall–Kier alpha value is -0.370. The molecule has 0 spiro atoms. The summed E-state index contributed by atoms with van der Waals surface area (Å²) in [6.45, 7) is 7.78. The second-order valence-electron chi connectivity index (χ2n) is 6.20. The lowest BCUT2D eigenvalue weighted by Crippen LogP contribution is -2.39. The van der Waals surface area contributed by atoms with Gasteiger partial charge in [0.1, 0.15) is 5.78 Å². The standard InChI is InChI=1S/C13H23NO/c1-9-4-5-14-10(6-9)7-12(15)11-8-13(11,2)3/h9-11,14H,4-8H2,1-3H3. The van der Waals surface area contributed by atoms with Gasteiger partial charge < -0.3 is 5.32 Å². The summed E-state index contributed by atoms with van der Waals surface area (Å²) in [5, 5.41) is 3.47. The molecule has 1 saturated heterocycles. The predicted octanol–water partition coefficient (Wildman–Crippen LogP) is 2.38. The number of hydrogen-bond donors (Lipinski definition) is 1. The molecule has 3 unspecified atom stereocenters. The van der Waals surface area contributed by atoms with Crippen molar-refractivity contribution in [3.8, 4) is 0 Å². The molecule has 2 nitrogen and oxygen atoms in total.